The van der Waals surface area contributed by atoms with E-state index in [9.17, 15) is 18.0 Å². The highest BCUT2D eigenvalue weighted by Crippen LogP contribution is 2.23. The van der Waals surface area contributed by atoms with Gasteiger partial charge in [0.1, 0.15) is 5.75 Å². The first-order valence-corrected chi connectivity index (χ1v) is 11.6. The van der Waals surface area contributed by atoms with Gasteiger partial charge in [-0.25, -0.2) is 13.6 Å². The highest BCUT2D eigenvalue weighted by Gasteiger charge is 2.26. The number of carbonyl (C=O) groups excluding carboxylic acids is 2. The number of carbonyl (C=O) groups is 2. The Morgan fingerprint density at radius 1 is 1.06 bits per heavy atom. The Morgan fingerprint density at radius 3 is 2.23 bits per heavy atom. The molecule has 1 saturated heterocycles. The molecule has 1 aliphatic rings. The molecule has 0 aliphatic carbocycles. The van der Waals surface area contributed by atoms with Crippen LogP contribution < -0.4 is 15.2 Å². The van der Waals surface area contributed by atoms with Gasteiger partial charge in [0.15, 0.2) is 5.78 Å². The van der Waals surface area contributed by atoms with Gasteiger partial charge in [-0.15, -0.1) is 0 Å². The van der Waals surface area contributed by atoms with Gasteiger partial charge >= 0.3 is 0 Å². The summed E-state index contributed by atoms with van der Waals surface area (Å²) >= 11 is 0. The van der Waals surface area contributed by atoms with E-state index in [2.05, 4.69) is 10.2 Å². The Morgan fingerprint density at radius 2 is 1.68 bits per heavy atom. The van der Waals surface area contributed by atoms with Gasteiger partial charge in [-0.1, -0.05) is 0 Å². The maximum absolute atomic E-state index is 12.7. The lowest BCUT2D eigenvalue weighted by molar-refractivity contribution is -0.116. The largest absolute Gasteiger partial charge is 0.497 e. The first-order valence-electron chi connectivity index (χ1n) is 10.1. The van der Waals surface area contributed by atoms with Crippen LogP contribution in [0.2, 0.25) is 0 Å². The normalized spacial score (nSPS) is 15.4. The second kappa shape index (κ2) is 10.0. The highest BCUT2D eigenvalue weighted by molar-refractivity contribution is 7.89. The van der Waals surface area contributed by atoms with Crippen LogP contribution in [-0.4, -0.2) is 51.8 Å². The van der Waals surface area contributed by atoms with E-state index in [-0.39, 0.29) is 22.5 Å². The summed E-state index contributed by atoms with van der Waals surface area (Å²) in [5, 5.41) is 7.82. The van der Waals surface area contributed by atoms with Gasteiger partial charge in [0, 0.05) is 30.1 Å². The van der Waals surface area contributed by atoms with Crippen molar-refractivity contribution < 1.29 is 22.7 Å². The van der Waals surface area contributed by atoms with Crippen LogP contribution >= 0.6 is 0 Å². The lowest BCUT2D eigenvalue weighted by Crippen LogP contribution is -2.38. The third kappa shape index (κ3) is 6.36. The second-order valence-electron chi connectivity index (χ2n) is 7.58. The number of benzene rings is 2. The van der Waals surface area contributed by atoms with Crippen LogP contribution in [0, 0.1) is 5.92 Å². The average Bonchev–Trinajstić information content (AvgIpc) is 2.77. The molecule has 0 unspecified atom stereocenters. The predicted octanol–water partition coefficient (Wildman–Crippen LogP) is 2.27. The SMILES string of the molecule is COc1ccc(C(=O)C2CCN(CCC(=O)Nc3ccc(S(N)(=O)=O)cc3)CC2)cc1. The summed E-state index contributed by atoms with van der Waals surface area (Å²) < 4.78 is 27.7. The van der Waals surface area contributed by atoms with Gasteiger partial charge in [0.2, 0.25) is 15.9 Å². The van der Waals surface area contributed by atoms with Crippen molar-refractivity contribution in [1.82, 2.24) is 4.90 Å². The summed E-state index contributed by atoms with van der Waals surface area (Å²) in [6, 6.07) is 12.9. The minimum absolute atomic E-state index is 0.00226. The smallest absolute Gasteiger partial charge is 0.238 e. The number of hydrogen-bond donors (Lipinski definition) is 2. The molecule has 9 heteroatoms. The first-order chi connectivity index (χ1) is 14.8. The zero-order valence-corrected chi connectivity index (χ0v) is 18.2. The third-order valence-corrected chi connectivity index (χ3v) is 6.38. The fraction of sp³-hybridized carbons (Fsp3) is 0.364. The molecule has 0 spiro atoms. The molecule has 31 heavy (non-hydrogen) atoms. The number of likely N-dealkylation sites (tertiary alicyclic amines) is 1. The number of nitrogens with zero attached hydrogens (tertiary/aromatic N) is 1. The lowest BCUT2D eigenvalue weighted by Gasteiger charge is -2.31. The summed E-state index contributed by atoms with van der Waals surface area (Å²) in [5.41, 5.74) is 1.22. The molecule has 2 aromatic carbocycles. The monoisotopic (exact) mass is 445 g/mol. The number of nitrogens with two attached hydrogens (primary N) is 1. The summed E-state index contributed by atoms with van der Waals surface area (Å²) in [6.07, 6.45) is 1.84. The van der Waals surface area contributed by atoms with Crippen LogP contribution in [0.15, 0.2) is 53.4 Å². The van der Waals surface area contributed by atoms with E-state index in [0.717, 1.165) is 31.7 Å². The topological polar surface area (TPSA) is 119 Å². The van der Waals surface area contributed by atoms with E-state index in [1.165, 1.54) is 24.3 Å². The predicted molar refractivity (Wildman–Crippen MR) is 118 cm³/mol. The Kier molecular flexibility index (Phi) is 7.42. The number of anilines is 1. The van der Waals surface area contributed by atoms with Crippen molar-refractivity contribution >= 4 is 27.4 Å². The van der Waals surface area contributed by atoms with Crippen LogP contribution in [0.4, 0.5) is 5.69 Å². The number of hydrogen-bond acceptors (Lipinski definition) is 6. The molecule has 8 nitrogen and oxygen atoms in total. The lowest BCUT2D eigenvalue weighted by atomic mass is 9.89. The average molecular weight is 446 g/mol. The second-order valence-corrected chi connectivity index (χ2v) is 9.14. The number of sulfonamides is 1. The Bertz CT molecular complexity index is 1010. The van der Waals surface area contributed by atoms with Crippen molar-refractivity contribution in [1.29, 1.82) is 0 Å². The van der Waals surface area contributed by atoms with Crippen LogP contribution in [0.1, 0.15) is 29.6 Å². The van der Waals surface area contributed by atoms with Crippen molar-refractivity contribution in [3.8, 4) is 5.75 Å². The Balaban J connectivity index is 1.42. The number of primary sulfonamides is 1. The minimum atomic E-state index is -3.75. The first kappa shape index (κ1) is 22.9. The van der Waals surface area contributed by atoms with E-state index < -0.39 is 10.0 Å². The maximum Gasteiger partial charge on any atom is 0.238 e. The van der Waals surface area contributed by atoms with Crippen molar-refractivity contribution in [2.24, 2.45) is 11.1 Å². The molecule has 166 valence electrons. The summed E-state index contributed by atoms with van der Waals surface area (Å²) in [4.78, 5) is 27.1. The van der Waals surface area contributed by atoms with Gasteiger partial charge < -0.3 is 15.0 Å². The standard InChI is InChI=1S/C22H27N3O5S/c1-30-19-6-2-16(3-7-19)22(27)17-10-13-25(14-11-17)15-12-21(26)24-18-4-8-20(9-5-18)31(23,28)29/h2-9,17H,10-15H2,1H3,(H,24,26)(H2,23,28,29). The molecule has 0 saturated carbocycles. The summed E-state index contributed by atoms with van der Waals surface area (Å²) in [6.45, 7) is 2.14. The molecule has 1 amide bonds. The Hall–Kier alpha value is -2.75. The molecular weight excluding hydrogens is 418 g/mol. The number of nitrogens with one attached hydrogen (secondary N) is 1. The number of ether oxygens (including phenoxy) is 1. The minimum Gasteiger partial charge on any atom is -0.497 e. The molecule has 0 aromatic heterocycles. The molecule has 3 N–H and O–H groups in total. The zero-order chi connectivity index (χ0) is 22.4. The van der Waals surface area contributed by atoms with Crippen LogP contribution in [-0.2, 0) is 14.8 Å². The number of rotatable bonds is 8. The van der Waals surface area contributed by atoms with E-state index in [1.807, 2.05) is 0 Å². The molecule has 1 aliphatic heterocycles. The zero-order valence-electron chi connectivity index (χ0n) is 17.4. The van der Waals surface area contributed by atoms with Crippen molar-refractivity contribution in [2.75, 3.05) is 32.1 Å². The molecule has 0 bridgehead atoms. The quantitative estimate of drug-likeness (QED) is 0.602. The van der Waals surface area contributed by atoms with Gasteiger partial charge in [-0.05, 0) is 74.5 Å². The van der Waals surface area contributed by atoms with Crippen molar-refractivity contribution in [2.45, 2.75) is 24.2 Å². The number of Topliss-reactive ketones (excluding diaryl/α,β-unsaturated/α-hetero) is 1. The molecular formula is C22H27N3O5S. The molecule has 0 atom stereocenters. The van der Waals surface area contributed by atoms with Crippen molar-refractivity contribution in [3.63, 3.8) is 0 Å². The van der Waals surface area contributed by atoms with E-state index >= 15 is 0 Å². The van der Waals surface area contributed by atoms with Crippen LogP contribution in [0.25, 0.3) is 0 Å². The number of amides is 1. The molecule has 2 aromatic rings. The summed E-state index contributed by atoms with van der Waals surface area (Å²) in [7, 11) is -2.16. The fourth-order valence-corrected chi connectivity index (χ4v) is 4.14. The molecule has 1 fully saturated rings. The molecule has 3 rings (SSSR count). The van der Waals surface area contributed by atoms with Crippen LogP contribution in [0.3, 0.4) is 0 Å². The fourth-order valence-electron chi connectivity index (χ4n) is 3.62. The van der Waals surface area contributed by atoms with Gasteiger partial charge in [-0.3, -0.25) is 9.59 Å². The van der Waals surface area contributed by atoms with Gasteiger partial charge in [0.05, 0.1) is 12.0 Å². The molecule has 0 radical (unpaired) electrons. The summed E-state index contributed by atoms with van der Waals surface area (Å²) in [5.74, 6) is 0.726. The maximum atomic E-state index is 12.7. The van der Waals surface area contributed by atoms with E-state index in [4.69, 9.17) is 9.88 Å². The van der Waals surface area contributed by atoms with Crippen LogP contribution in [0.5, 0.6) is 5.75 Å². The number of piperidine rings is 1. The third-order valence-electron chi connectivity index (χ3n) is 5.45. The van der Waals surface area contributed by atoms with Crippen molar-refractivity contribution in [3.05, 3.63) is 54.1 Å². The van der Waals surface area contributed by atoms with E-state index in [1.54, 1.807) is 31.4 Å². The van der Waals surface area contributed by atoms with E-state index in [0.29, 0.717) is 24.2 Å². The molecule has 1 heterocycles. The van der Waals surface area contributed by atoms with Gasteiger partial charge in [0.25, 0.3) is 0 Å². The number of ketones is 1. The number of methoxy groups -OCH3 is 1. The Labute approximate surface area is 182 Å². The van der Waals surface area contributed by atoms with Gasteiger partial charge in [-0.2, -0.15) is 0 Å². The highest BCUT2D eigenvalue weighted by atomic mass is 32.2.